The fraction of sp³-hybridized carbons (Fsp3) is 0.875. The van der Waals surface area contributed by atoms with Gasteiger partial charge in [0.1, 0.15) is 12.2 Å². The van der Waals surface area contributed by atoms with Crippen LogP contribution in [0.15, 0.2) is 0 Å². The van der Waals surface area contributed by atoms with Crippen LogP contribution < -0.4 is 0 Å². The first-order valence-electron chi connectivity index (χ1n) is 4.30. The average molecular weight is 206 g/mol. The third-order valence-corrected chi connectivity index (χ3v) is 2.10. The fourth-order valence-corrected chi connectivity index (χ4v) is 1.38. The minimum absolute atomic E-state index is 0.576. The standard InChI is InChI=1S/C8H14O6/c1-3-7(14-4(2)9)5(10)6(11)8(12)13-3/h3,5-8,10-12H,1-2H3/t3-,5-,6-,7+,8-/m1/s1. The second kappa shape index (κ2) is 4.22. The molecule has 0 aliphatic carbocycles. The molecule has 1 heterocycles. The van der Waals surface area contributed by atoms with Gasteiger partial charge in [0.25, 0.3) is 0 Å². The Labute approximate surface area is 81.1 Å². The first-order valence-corrected chi connectivity index (χ1v) is 4.30. The zero-order chi connectivity index (χ0) is 10.9. The summed E-state index contributed by atoms with van der Waals surface area (Å²) in [5.74, 6) is -0.576. The van der Waals surface area contributed by atoms with Crippen LogP contribution in [0.2, 0.25) is 0 Å². The summed E-state index contributed by atoms with van der Waals surface area (Å²) in [7, 11) is 0. The summed E-state index contributed by atoms with van der Waals surface area (Å²) in [4.78, 5) is 10.7. The summed E-state index contributed by atoms with van der Waals surface area (Å²) in [6.07, 6.45) is -5.86. The lowest BCUT2D eigenvalue weighted by atomic mass is 10.00. The predicted molar refractivity (Wildman–Crippen MR) is 44.1 cm³/mol. The Bertz CT molecular complexity index is 218. The Balaban J connectivity index is 2.68. The van der Waals surface area contributed by atoms with E-state index in [1.165, 1.54) is 13.8 Å². The van der Waals surface area contributed by atoms with E-state index in [4.69, 9.17) is 14.6 Å². The van der Waals surface area contributed by atoms with Gasteiger partial charge in [-0.05, 0) is 6.92 Å². The molecule has 1 aliphatic heterocycles. The SMILES string of the molecule is CC(=O)O[C@@H]1[C@H](O)[C@@H](O)[C@H](O)O[C@@H]1C. The third kappa shape index (κ3) is 2.21. The second-order valence-corrected chi connectivity index (χ2v) is 3.29. The molecule has 82 valence electrons. The van der Waals surface area contributed by atoms with Gasteiger partial charge in [-0.2, -0.15) is 0 Å². The molecule has 0 spiro atoms. The highest BCUT2D eigenvalue weighted by Crippen LogP contribution is 2.21. The largest absolute Gasteiger partial charge is 0.457 e. The predicted octanol–water partition coefficient (Wildman–Crippen LogP) is -1.62. The molecule has 1 saturated heterocycles. The van der Waals surface area contributed by atoms with Crippen LogP contribution in [0.4, 0.5) is 0 Å². The molecule has 0 aromatic carbocycles. The van der Waals surface area contributed by atoms with Gasteiger partial charge >= 0.3 is 5.97 Å². The molecule has 0 aromatic rings. The molecule has 0 aromatic heterocycles. The van der Waals surface area contributed by atoms with Crippen LogP contribution in [0.1, 0.15) is 13.8 Å². The summed E-state index contributed by atoms with van der Waals surface area (Å²) in [5.41, 5.74) is 0. The summed E-state index contributed by atoms with van der Waals surface area (Å²) >= 11 is 0. The number of hydrogen-bond donors (Lipinski definition) is 3. The number of hydrogen-bond acceptors (Lipinski definition) is 6. The van der Waals surface area contributed by atoms with E-state index < -0.39 is 36.7 Å². The summed E-state index contributed by atoms with van der Waals surface area (Å²) < 4.78 is 9.60. The number of aliphatic hydroxyl groups is 3. The molecule has 0 saturated carbocycles. The molecule has 14 heavy (non-hydrogen) atoms. The van der Waals surface area contributed by atoms with Crippen molar-refractivity contribution in [2.45, 2.75) is 44.6 Å². The monoisotopic (exact) mass is 206 g/mol. The van der Waals surface area contributed by atoms with Crippen molar-refractivity contribution >= 4 is 5.97 Å². The highest BCUT2D eigenvalue weighted by molar-refractivity contribution is 5.66. The molecular weight excluding hydrogens is 192 g/mol. The Morgan fingerprint density at radius 3 is 2.36 bits per heavy atom. The zero-order valence-corrected chi connectivity index (χ0v) is 7.95. The topological polar surface area (TPSA) is 96.2 Å². The maximum Gasteiger partial charge on any atom is 0.303 e. The van der Waals surface area contributed by atoms with Crippen molar-refractivity contribution in [1.29, 1.82) is 0 Å². The van der Waals surface area contributed by atoms with Crippen LogP contribution in [0.25, 0.3) is 0 Å². The molecule has 1 rings (SSSR count). The molecule has 3 N–H and O–H groups in total. The fourth-order valence-electron chi connectivity index (χ4n) is 1.38. The molecule has 0 radical (unpaired) electrons. The third-order valence-electron chi connectivity index (χ3n) is 2.10. The van der Waals surface area contributed by atoms with Crippen molar-refractivity contribution in [2.24, 2.45) is 0 Å². The maximum absolute atomic E-state index is 10.7. The normalized spacial score (nSPS) is 43.4. The summed E-state index contributed by atoms with van der Waals surface area (Å²) in [6.45, 7) is 2.72. The van der Waals surface area contributed by atoms with Crippen LogP contribution in [0, 0.1) is 0 Å². The first kappa shape index (κ1) is 11.4. The molecule has 1 fully saturated rings. The van der Waals surface area contributed by atoms with E-state index in [2.05, 4.69) is 0 Å². The molecule has 0 amide bonds. The van der Waals surface area contributed by atoms with E-state index in [9.17, 15) is 15.0 Å². The maximum atomic E-state index is 10.7. The number of aliphatic hydroxyl groups excluding tert-OH is 3. The van der Waals surface area contributed by atoms with Crippen LogP contribution in [0.3, 0.4) is 0 Å². The molecule has 5 atom stereocenters. The molecule has 6 heteroatoms. The highest BCUT2D eigenvalue weighted by Gasteiger charge is 2.43. The lowest BCUT2D eigenvalue weighted by molar-refractivity contribution is -0.281. The lowest BCUT2D eigenvalue weighted by Crippen LogP contribution is -2.57. The van der Waals surface area contributed by atoms with Crippen LogP contribution in [-0.4, -0.2) is 52.0 Å². The number of ether oxygens (including phenoxy) is 2. The van der Waals surface area contributed by atoms with Crippen LogP contribution in [-0.2, 0) is 14.3 Å². The quantitative estimate of drug-likeness (QED) is 0.446. The summed E-state index contributed by atoms with van der Waals surface area (Å²) in [6, 6.07) is 0. The minimum Gasteiger partial charge on any atom is -0.457 e. The van der Waals surface area contributed by atoms with Gasteiger partial charge in [-0.25, -0.2) is 0 Å². The number of carbonyl (C=O) groups excluding carboxylic acids is 1. The van der Waals surface area contributed by atoms with Crippen molar-refractivity contribution < 1.29 is 29.6 Å². The van der Waals surface area contributed by atoms with Crippen LogP contribution >= 0.6 is 0 Å². The van der Waals surface area contributed by atoms with E-state index >= 15 is 0 Å². The lowest BCUT2D eigenvalue weighted by Gasteiger charge is -2.38. The Morgan fingerprint density at radius 2 is 1.86 bits per heavy atom. The number of esters is 1. The van der Waals surface area contributed by atoms with Crippen molar-refractivity contribution in [1.82, 2.24) is 0 Å². The van der Waals surface area contributed by atoms with Crippen molar-refractivity contribution in [3.8, 4) is 0 Å². The number of rotatable bonds is 1. The van der Waals surface area contributed by atoms with Gasteiger partial charge in [-0.3, -0.25) is 4.79 Å². The van der Waals surface area contributed by atoms with Crippen molar-refractivity contribution in [3.05, 3.63) is 0 Å². The van der Waals surface area contributed by atoms with Crippen molar-refractivity contribution in [3.63, 3.8) is 0 Å². The van der Waals surface area contributed by atoms with E-state index in [-0.39, 0.29) is 0 Å². The molecule has 1 aliphatic rings. The minimum atomic E-state index is -1.46. The van der Waals surface area contributed by atoms with Gasteiger partial charge in [0.05, 0.1) is 6.10 Å². The molecule has 0 unspecified atom stereocenters. The number of carbonyl (C=O) groups is 1. The van der Waals surface area contributed by atoms with Gasteiger partial charge in [0.15, 0.2) is 12.4 Å². The smallest absolute Gasteiger partial charge is 0.303 e. The Morgan fingerprint density at radius 1 is 1.29 bits per heavy atom. The van der Waals surface area contributed by atoms with Crippen LogP contribution in [0.5, 0.6) is 0 Å². The average Bonchev–Trinajstić information content (AvgIpc) is 2.09. The Hall–Kier alpha value is -0.690. The van der Waals surface area contributed by atoms with Gasteiger partial charge in [-0.1, -0.05) is 0 Å². The molecule has 6 nitrogen and oxygen atoms in total. The van der Waals surface area contributed by atoms with E-state index in [0.717, 1.165) is 0 Å². The molecule has 0 bridgehead atoms. The summed E-state index contributed by atoms with van der Waals surface area (Å²) in [5, 5.41) is 27.8. The second-order valence-electron chi connectivity index (χ2n) is 3.29. The zero-order valence-electron chi connectivity index (χ0n) is 7.95. The van der Waals surface area contributed by atoms with Gasteiger partial charge in [0.2, 0.25) is 0 Å². The van der Waals surface area contributed by atoms with E-state index in [0.29, 0.717) is 0 Å². The first-order chi connectivity index (χ1) is 6.43. The molecular formula is C8H14O6. The van der Waals surface area contributed by atoms with Gasteiger partial charge in [-0.15, -0.1) is 0 Å². The van der Waals surface area contributed by atoms with Gasteiger partial charge in [0, 0.05) is 6.92 Å². The Kier molecular flexibility index (Phi) is 3.43. The van der Waals surface area contributed by atoms with Gasteiger partial charge < -0.3 is 24.8 Å². The van der Waals surface area contributed by atoms with Crippen molar-refractivity contribution in [2.75, 3.05) is 0 Å². The van der Waals surface area contributed by atoms with E-state index in [1.807, 2.05) is 0 Å². The van der Waals surface area contributed by atoms with E-state index in [1.54, 1.807) is 0 Å². The highest BCUT2D eigenvalue weighted by atomic mass is 16.7.